The second-order valence-corrected chi connectivity index (χ2v) is 10.1. The van der Waals surface area contributed by atoms with Gasteiger partial charge in [0.1, 0.15) is 18.1 Å². The summed E-state index contributed by atoms with van der Waals surface area (Å²) in [5.41, 5.74) is 0.836. The van der Waals surface area contributed by atoms with Crippen LogP contribution in [0.2, 0.25) is 0 Å². The molecule has 4 N–H and O–H groups in total. The minimum Gasteiger partial charge on any atom is -0.469 e. The molecule has 1 rings (SSSR count). The Kier molecular flexibility index (Phi) is 15.0. The highest BCUT2D eigenvalue weighted by atomic mass is 32.2. The number of rotatable bonds is 16. The molecule has 3 atom stereocenters. The molecule has 0 bridgehead atoms. The number of amides is 4. The number of carbonyl (C=O) groups excluding carboxylic acids is 5. The summed E-state index contributed by atoms with van der Waals surface area (Å²) in [5.74, 6) is -1.47. The first-order valence-corrected chi connectivity index (χ1v) is 13.7. The van der Waals surface area contributed by atoms with E-state index in [1.165, 1.54) is 14.0 Å². The van der Waals surface area contributed by atoms with Gasteiger partial charge in [0, 0.05) is 19.9 Å². The van der Waals surface area contributed by atoms with Gasteiger partial charge in [-0.1, -0.05) is 44.2 Å². The number of ether oxygens (including phenoxy) is 1. The van der Waals surface area contributed by atoms with E-state index in [0.717, 1.165) is 5.56 Å². The van der Waals surface area contributed by atoms with Crippen LogP contribution in [0.3, 0.4) is 0 Å². The molecule has 11 heteroatoms. The quantitative estimate of drug-likeness (QED) is 0.232. The Morgan fingerprint density at radius 1 is 0.892 bits per heavy atom. The number of hydrogen-bond acceptors (Lipinski definition) is 7. The highest BCUT2D eigenvalue weighted by Gasteiger charge is 2.30. The van der Waals surface area contributed by atoms with Gasteiger partial charge in [-0.05, 0) is 36.3 Å². The zero-order valence-electron chi connectivity index (χ0n) is 22.3. The summed E-state index contributed by atoms with van der Waals surface area (Å²) in [5, 5.41) is 10.9. The molecule has 0 aliphatic heterocycles. The van der Waals surface area contributed by atoms with Gasteiger partial charge in [0.05, 0.1) is 13.5 Å². The van der Waals surface area contributed by atoms with Gasteiger partial charge in [0.15, 0.2) is 0 Å². The molecule has 0 fully saturated rings. The lowest BCUT2D eigenvalue weighted by molar-refractivity contribution is -0.140. The third-order valence-corrected chi connectivity index (χ3v) is 6.06. The maximum Gasteiger partial charge on any atom is 0.307 e. The van der Waals surface area contributed by atoms with E-state index in [0.29, 0.717) is 18.6 Å². The zero-order chi connectivity index (χ0) is 27.8. The van der Waals surface area contributed by atoms with Gasteiger partial charge in [0.25, 0.3) is 0 Å². The Balaban J connectivity index is 3.03. The molecule has 0 aliphatic rings. The van der Waals surface area contributed by atoms with Gasteiger partial charge in [-0.2, -0.15) is 11.8 Å². The molecule has 0 heterocycles. The molecule has 0 unspecified atom stereocenters. The zero-order valence-corrected chi connectivity index (χ0v) is 23.1. The van der Waals surface area contributed by atoms with Crippen LogP contribution in [0.1, 0.15) is 45.6 Å². The van der Waals surface area contributed by atoms with Crippen molar-refractivity contribution in [2.75, 3.05) is 25.7 Å². The Bertz CT molecular complexity index is 896. The van der Waals surface area contributed by atoms with Gasteiger partial charge in [0.2, 0.25) is 23.6 Å². The second-order valence-electron chi connectivity index (χ2n) is 9.09. The molecule has 37 heavy (non-hydrogen) atoms. The fourth-order valence-electron chi connectivity index (χ4n) is 3.57. The summed E-state index contributed by atoms with van der Waals surface area (Å²) in [7, 11) is 1.27. The number of carbonyl (C=O) groups is 5. The maximum absolute atomic E-state index is 13.3. The minimum atomic E-state index is -0.929. The molecule has 0 radical (unpaired) electrons. The first-order valence-electron chi connectivity index (χ1n) is 12.3. The number of thioether (sulfide) groups is 1. The highest BCUT2D eigenvalue weighted by molar-refractivity contribution is 7.98. The van der Waals surface area contributed by atoms with Gasteiger partial charge in [-0.3, -0.25) is 24.0 Å². The lowest BCUT2D eigenvalue weighted by atomic mass is 10.0. The molecule has 4 amide bonds. The van der Waals surface area contributed by atoms with E-state index >= 15 is 0 Å². The molecule has 0 aromatic heterocycles. The van der Waals surface area contributed by atoms with E-state index in [1.54, 1.807) is 11.8 Å². The summed E-state index contributed by atoms with van der Waals surface area (Å²) < 4.78 is 4.60. The number of esters is 1. The number of nitrogens with one attached hydrogen (secondary N) is 4. The predicted molar refractivity (Wildman–Crippen MR) is 144 cm³/mol. The van der Waals surface area contributed by atoms with Crippen molar-refractivity contribution in [3.63, 3.8) is 0 Å². The van der Waals surface area contributed by atoms with E-state index < -0.39 is 41.8 Å². The molecular weight excluding hydrogens is 496 g/mol. The van der Waals surface area contributed by atoms with Crippen molar-refractivity contribution >= 4 is 41.4 Å². The maximum atomic E-state index is 13.3. The van der Waals surface area contributed by atoms with Crippen LogP contribution in [0.15, 0.2) is 30.3 Å². The first-order chi connectivity index (χ1) is 17.6. The van der Waals surface area contributed by atoms with E-state index in [9.17, 15) is 24.0 Å². The molecule has 0 spiro atoms. The van der Waals surface area contributed by atoms with Crippen LogP contribution in [0.25, 0.3) is 0 Å². The van der Waals surface area contributed by atoms with Crippen molar-refractivity contribution in [2.24, 2.45) is 5.92 Å². The molecule has 1 aromatic carbocycles. The van der Waals surface area contributed by atoms with E-state index in [2.05, 4.69) is 26.0 Å². The van der Waals surface area contributed by atoms with E-state index in [-0.39, 0.29) is 31.2 Å². The minimum absolute atomic E-state index is 0.000851. The Morgan fingerprint density at radius 2 is 1.51 bits per heavy atom. The smallest absolute Gasteiger partial charge is 0.307 e. The number of benzene rings is 1. The lowest BCUT2D eigenvalue weighted by Crippen LogP contribution is -2.57. The van der Waals surface area contributed by atoms with Crippen molar-refractivity contribution in [3.8, 4) is 0 Å². The topological polar surface area (TPSA) is 143 Å². The fourth-order valence-corrected chi connectivity index (χ4v) is 4.04. The molecule has 0 saturated heterocycles. The van der Waals surface area contributed by atoms with Crippen LogP contribution < -0.4 is 21.3 Å². The van der Waals surface area contributed by atoms with Gasteiger partial charge in [-0.15, -0.1) is 0 Å². The van der Waals surface area contributed by atoms with Gasteiger partial charge < -0.3 is 26.0 Å². The summed E-state index contributed by atoms with van der Waals surface area (Å²) in [4.78, 5) is 62.3. The van der Waals surface area contributed by atoms with E-state index in [4.69, 9.17) is 0 Å². The van der Waals surface area contributed by atoms with Crippen LogP contribution in [-0.2, 0) is 35.1 Å². The summed E-state index contributed by atoms with van der Waals surface area (Å²) in [6.07, 6.45) is 2.89. The van der Waals surface area contributed by atoms with Crippen LogP contribution in [0.5, 0.6) is 0 Å². The van der Waals surface area contributed by atoms with Gasteiger partial charge >= 0.3 is 5.97 Å². The standard InChI is InChI=1S/C26H40N4O6S/c1-17(2)15-21(29-25(34)20(12-14-37-5)28-18(3)31)26(35)30-22(16-19-9-7-6-8-10-19)24(33)27-13-11-23(32)36-4/h6-10,17,20-22H,11-16H2,1-5H3,(H,27,33)(H,28,31)(H,29,34)(H,30,35)/t20-,21-,22-/m0/s1. The molecule has 206 valence electrons. The average Bonchev–Trinajstić information content (AvgIpc) is 2.85. The van der Waals surface area contributed by atoms with Crippen LogP contribution in [0.4, 0.5) is 0 Å². The molecule has 10 nitrogen and oxygen atoms in total. The lowest BCUT2D eigenvalue weighted by Gasteiger charge is -2.26. The Labute approximate surface area is 223 Å². The second kappa shape index (κ2) is 17.4. The monoisotopic (exact) mass is 536 g/mol. The molecular formula is C26H40N4O6S. The average molecular weight is 537 g/mol. The van der Waals surface area contributed by atoms with Gasteiger partial charge in [-0.25, -0.2) is 0 Å². The third kappa shape index (κ3) is 13.2. The van der Waals surface area contributed by atoms with Crippen molar-refractivity contribution in [2.45, 2.75) is 64.6 Å². The van der Waals surface area contributed by atoms with Crippen molar-refractivity contribution in [3.05, 3.63) is 35.9 Å². The van der Waals surface area contributed by atoms with Crippen LogP contribution in [0, 0.1) is 5.92 Å². The number of methoxy groups -OCH3 is 1. The first kappa shape index (κ1) is 31.9. The Morgan fingerprint density at radius 3 is 2.08 bits per heavy atom. The fraction of sp³-hybridized carbons (Fsp3) is 0.577. The third-order valence-electron chi connectivity index (χ3n) is 5.42. The molecule has 0 aliphatic carbocycles. The van der Waals surface area contributed by atoms with E-state index in [1.807, 2.05) is 50.4 Å². The summed E-state index contributed by atoms with van der Waals surface area (Å²) in [6.45, 7) is 5.25. The summed E-state index contributed by atoms with van der Waals surface area (Å²) >= 11 is 1.55. The predicted octanol–water partition coefficient (Wildman–Crippen LogP) is 1.18. The highest BCUT2D eigenvalue weighted by Crippen LogP contribution is 2.09. The van der Waals surface area contributed by atoms with Crippen molar-refractivity contribution < 1.29 is 28.7 Å². The van der Waals surface area contributed by atoms with Crippen molar-refractivity contribution in [1.82, 2.24) is 21.3 Å². The molecule has 1 aromatic rings. The SMILES string of the molecule is COC(=O)CCNC(=O)[C@H](Cc1ccccc1)NC(=O)[C@H](CC(C)C)NC(=O)[C@H](CCSC)NC(C)=O. The Hall–Kier alpha value is -3.08. The van der Waals surface area contributed by atoms with Crippen molar-refractivity contribution in [1.29, 1.82) is 0 Å². The normalized spacial score (nSPS) is 13.1. The molecule has 0 saturated carbocycles. The summed E-state index contributed by atoms with van der Waals surface area (Å²) in [6, 6.07) is 6.61. The number of hydrogen-bond donors (Lipinski definition) is 4. The van der Waals surface area contributed by atoms with Crippen LogP contribution in [-0.4, -0.2) is 73.4 Å². The largest absolute Gasteiger partial charge is 0.469 e. The van der Waals surface area contributed by atoms with Crippen LogP contribution >= 0.6 is 11.8 Å².